The molecule has 1 aliphatic rings. The Hall–Kier alpha value is -1.36. The molecular formula is C13H21NO4. The van der Waals surface area contributed by atoms with Gasteiger partial charge in [0.1, 0.15) is 6.23 Å². The Morgan fingerprint density at radius 2 is 2.22 bits per heavy atom. The molecule has 1 amide bonds. The highest BCUT2D eigenvalue weighted by Gasteiger charge is 2.55. The largest absolute Gasteiger partial charge is 0.467 e. The molecule has 0 saturated carbocycles. The van der Waals surface area contributed by atoms with E-state index >= 15 is 0 Å². The third-order valence-electron chi connectivity index (χ3n) is 3.13. The summed E-state index contributed by atoms with van der Waals surface area (Å²) in [6.07, 6.45) is 2.12. The molecule has 0 aliphatic carbocycles. The second-order valence-electron chi connectivity index (χ2n) is 5.56. The molecule has 5 heteroatoms. The van der Waals surface area contributed by atoms with Crippen molar-refractivity contribution in [1.82, 2.24) is 4.90 Å². The van der Waals surface area contributed by atoms with Crippen LogP contribution in [-0.2, 0) is 19.1 Å². The summed E-state index contributed by atoms with van der Waals surface area (Å²) in [6.45, 7) is 9.63. The molecule has 0 unspecified atom stereocenters. The van der Waals surface area contributed by atoms with Crippen molar-refractivity contribution in [3.63, 3.8) is 0 Å². The van der Waals surface area contributed by atoms with Crippen LogP contribution in [0.15, 0.2) is 12.7 Å². The third kappa shape index (κ3) is 2.27. The van der Waals surface area contributed by atoms with Crippen molar-refractivity contribution < 1.29 is 19.1 Å². The lowest BCUT2D eigenvalue weighted by Crippen LogP contribution is -2.56. The van der Waals surface area contributed by atoms with Gasteiger partial charge in [0.15, 0.2) is 5.54 Å². The second-order valence-corrected chi connectivity index (χ2v) is 5.56. The minimum atomic E-state index is -1.09. The van der Waals surface area contributed by atoms with Gasteiger partial charge in [-0.15, -0.1) is 6.58 Å². The average Bonchev–Trinajstić information content (AvgIpc) is 2.68. The molecule has 1 heterocycles. The number of hydrogen-bond donors (Lipinski definition) is 0. The maximum absolute atomic E-state index is 12.0. The molecule has 2 atom stereocenters. The van der Waals surface area contributed by atoms with Crippen LogP contribution in [-0.4, -0.2) is 42.8 Å². The normalized spacial score (nSPS) is 28.0. The first-order valence-electron chi connectivity index (χ1n) is 5.88. The summed E-state index contributed by atoms with van der Waals surface area (Å²) in [5.41, 5.74) is -1.37. The maximum Gasteiger partial charge on any atom is 0.334 e. The number of hydrogen-bond acceptors (Lipinski definition) is 4. The van der Waals surface area contributed by atoms with Gasteiger partial charge in [-0.3, -0.25) is 9.69 Å². The van der Waals surface area contributed by atoms with Gasteiger partial charge in [0.25, 0.3) is 0 Å². The zero-order valence-corrected chi connectivity index (χ0v) is 11.4. The van der Waals surface area contributed by atoms with Crippen LogP contribution >= 0.6 is 0 Å². The number of amides is 1. The van der Waals surface area contributed by atoms with Gasteiger partial charge in [0, 0.05) is 11.8 Å². The first-order chi connectivity index (χ1) is 8.33. The molecular weight excluding hydrogens is 234 g/mol. The van der Waals surface area contributed by atoms with Crippen molar-refractivity contribution in [3.8, 4) is 0 Å². The van der Waals surface area contributed by atoms with Gasteiger partial charge in [-0.2, -0.15) is 0 Å². The average molecular weight is 255 g/mol. The molecule has 0 radical (unpaired) electrons. The Kier molecular flexibility index (Phi) is 4.16. The van der Waals surface area contributed by atoms with Crippen molar-refractivity contribution in [2.24, 2.45) is 5.41 Å². The molecule has 5 nitrogen and oxygen atoms in total. The highest BCUT2D eigenvalue weighted by Crippen LogP contribution is 2.38. The van der Waals surface area contributed by atoms with Gasteiger partial charge >= 0.3 is 5.97 Å². The van der Waals surface area contributed by atoms with E-state index in [4.69, 9.17) is 9.47 Å². The topological polar surface area (TPSA) is 55.8 Å². The molecule has 1 fully saturated rings. The van der Waals surface area contributed by atoms with Crippen LogP contribution in [0, 0.1) is 5.41 Å². The fraction of sp³-hybridized carbons (Fsp3) is 0.692. The molecule has 18 heavy (non-hydrogen) atoms. The van der Waals surface area contributed by atoms with E-state index in [1.165, 1.54) is 12.0 Å². The quantitative estimate of drug-likeness (QED) is 0.432. The van der Waals surface area contributed by atoms with Crippen LogP contribution < -0.4 is 0 Å². The van der Waals surface area contributed by atoms with Crippen molar-refractivity contribution in [1.29, 1.82) is 0 Å². The number of nitrogens with zero attached hydrogens (tertiary/aromatic N) is 1. The van der Waals surface area contributed by atoms with Crippen molar-refractivity contribution >= 4 is 12.4 Å². The molecule has 1 aliphatic heterocycles. The molecule has 0 aromatic carbocycles. The van der Waals surface area contributed by atoms with Gasteiger partial charge in [0.05, 0.1) is 13.7 Å². The monoisotopic (exact) mass is 255 g/mol. The van der Waals surface area contributed by atoms with Gasteiger partial charge < -0.3 is 9.47 Å². The van der Waals surface area contributed by atoms with Crippen molar-refractivity contribution in [2.75, 3.05) is 13.7 Å². The van der Waals surface area contributed by atoms with Gasteiger partial charge in [0.2, 0.25) is 6.41 Å². The van der Waals surface area contributed by atoms with E-state index in [2.05, 4.69) is 6.58 Å². The lowest BCUT2D eigenvalue weighted by molar-refractivity contribution is -0.158. The Morgan fingerprint density at radius 1 is 1.61 bits per heavy atom. The third-order valence-corrected chi connectivity index (χ3v) is 3.13. The summed E-state index contributed by atoms with van der Waals surface area (Å²) in [7, 11) is 1.31. The van der Waals surface area contributed by atoms with E-state index in [0.29, 0.717) is 12.8 Å². The van der Waals surface area contributed by atoms with E-state index in [-0.39, 0.29) is 12.0 Å². The minimum absolute atomic E-state index is 0.131. The number of esters is 1. The number of methoxy groups -OCH3 is 1. The number of carbonyl (C=O) groups excluding carboxylic acids is 2. The predicted octanol–water partition coefficient (Wildman–Crippen LogP) is 1.34. The number of ether oxygens (including phenoxy) is 2. The predicted molar refractivity (Wildman–Crippen MR) is 66.7 cm³/mol. The molecule has 0 N–H and O–H groups in total. The fourth-order valence-corrected chi connectivity index (χ4v) is 2.26. The molecule has 0 spiro atoms. The fourth-order valence-electron chi connectivity index (χ4n) is 2.26. The summed E-state index contributed by atoms with van der Waals surface area (Å²) in [5, 5.41) is 0. The van der Waals surface area contributed by atoms with Crippen LogP contribution in [0.4, 0.5) is 0 Å². The van der Waals surface area contributed by atoms with Gasteiger partial charge in [-0.25, -0.2) is 4.79 Å². The van der Waals surface area contributed by atoms with Gasteiger partial charge in [-0.1, -0.05) is 26.8 Å². The Labute approximate surface area is 108 Å². The van der Waals surface area contributed by atoms with Crippen LogP contribution in [0.1, 0.15) is 27.2 Å². The van der Waals surface area contributed by atoms with Crippen molar-refractivity contribution in [3.05, 3.63) is 12.7 Å². The molecule has 0 aromatic heterocycles. The smallest absolute Gasteiger partial charge is 0.334 e. The van der Waals surface area contributed by atoms with Crippen LogP contribution in [0.5, 0.6) is 0 Å². The number of rotatable bonds is 4. The molecule has 1 rings (SSSR count). The van der Waals surface area contributed by atoms with E-state index in [1.54, 1.807) is 6.08 Å². The zero-order valence-electron chi connectivity index (χ0n) is 11.4. The van der Waals surface area contributed by atoms with Crippen LogP contribution in [0.25, 0.3) is 0 Å². The second kappa shape index (κ2) is 5.10. The van der Waals surface area contributed by atoms with E-state index in [0.717, 1.165) is 0 Å². The van der Waals surface area contributed by atoms with E-state index in [9.17, 15) is 9.59 Å². The SMILES string of the molecule is C=CC[C@@]1(C(=O)OC)CO[C@H](C(C)(C)C)N1C=O. The molecule has 102 valence electrons. The number of carbonyl (C=O) groups is 2. The highest BCUT2D eigenvalue weighted by atomic mass is 16.5. The Bertz CT molecular complexity index is 347. The molecule has 1 saturated heterocycles. The molecule has 0 aromatic rings. The molecule has 0 bridgehead atoms. The standard InChI is InChI=1S/C13H21NO4/c1-6-7-13(11(16)17-5)8-18-10(12(2,3)4)14(13)9-15/h6,9-10H,1,7-8H2,2-5H3/t10-,13+/m1/s1. The summed E-state index contributed by atoms with van der Waals surface area (Å²) >= 11 is 0. The van der Waals surface area contributed by atoms with Crippen molar-refractivity contribution in [2.45, 2.75) is 39.0 Å². The lowest BCUT2D eigenvalue weighted by atomic mass is 9.90. The maximum atomic E-state index is 12.0. The first-order valence-corrected chi connectivity index (χ1v) is 5.88. The van der Waals surface area contributed by atoms with Crippen LogP contribution in [0.2, 0.25) is 0 Å². The lowest BCUT2D eigenvalue weighted by Gasteiger charge is -2.37. The zero-order chi connectivity index (χ0) is 14.0. The van der Waals surface area contributed by atoms with E-state index < -0.39 is 17.7 Å². The summed E-state index contributed by atoms with van der Waals surface area (Å²) in [5.74, 6) is -0.471. The van der Waals surface area contributed by atoms with Gasteiger partial charge in [-0.05, 0) is 0 Å². The summed E-state index contributed by atoms with van der Waals surface area (Å²) in [4.78, 5) is 24.8. The van der Waals surface area contributed by atoms with Crippen LogP contribution in [0.3, 0.4) is 0 Å². The minimum Gasteiger partial charge on any atom is -0.467 e. The summed E-state index contributed by atoms with van der Waals surface area (Å²) in [6, 6.07) is 0. The Balaban J connectivity index is 3.17. The first kappa shape index (κ1) is 14.7. The highest BCUT2D eigenvalue weighted by molar-refractivity contribution is 5.84. The summed E-state index contributed by atoms with van der Waals surface area (Å²) < 4.78 is 10.5. The Morgan fingerprint density at radius 3 is 2.61 bits per heavy atom. The van der Waals surface area contributed by atoms with E-state index in [1.807, 2.05) is 20.8 Å².